The highest BCUT2D eigenvalue weighted by atomic mass is 32.1. The molecule has 0 saturated carbocycles. The zero-order chi connectivity index (χ0) is 66.6. The topological polar surface area (TPSA) is 371 Å². The Bertz CT molecular complexity index is 3540. The van der Waals surface area contributed by atoms with E-state index in [0.717, 1.165) is 82.0 Å². The van der Waals surface area contributed by atoms with E-state index in [4.69, 9.17) is 40.3 Å². The van der Waals surface area contributed by atoms with Crippen molar-refractivity contribution in [1.82, 2.24) is 10.6 Å². The second-order valence-electron chi connectivity index (χ2n) is 23.4. The van der Waals surface area contributed by atoms with Crippen LogP contribution in [-0.2, 0) is 33.3 Å². The number of anilines is 2. The maximum Gasteiger partial charge on any atom is 0.336 e. The molecular formula is C67H82N6O19S. The molecule has 25 nitrogen and oxygen atoms in total. The number of aliphatic hydroxyl groups excluding tert-OH is 5. The quantitative estimate of drug-likeness (QED) is 0.00471. The molecular weight excluding hydrogens is 1220 g/mol. The highest BCUT2D eigenvalue weighted by Gasteiger charge is 2.56. The van der Waals surface area contributed by atoms with Crippen molar-refractivity contribution in [3.63, 3.8) is 0 Å². The Hall–Kier alpha value is -8.02. The molecule has 26 heteroatoms. The number of carboxylic acids is 1. The summed E-state index contributed by atoms with van der Waals surface area (Å²) in [7, 11) is 3.93. The van der Waals surface area contributed by atoms with Crippen molar-refractivity contribution in [3.05, 3.63) is 124 Å². The van der Waals surface area contributed by atoms with Crippen molar-refractivity contribution < 1.29 is 88.1 Å². The zero-order valence-electron chi connectivity index (χ0n) is 51.9. The lowest BCUT2D eigenvalue weighted by molar-refractivity contribution is -0.493. The van der Waals surface area contributed by atoms with E-state index < -0.39 is 86.1 Å². The van der Waals surface area contributed by atoms with Gasteiger partial charge in [-0.15, -0.1) is 0 Å². The minimum Gasteiger partial charge on any atom is -0.508 e. The summed E-state index contributed by atoms with van der Waals surface area (Å²) in [6, 6.07) is 28.2. The van der Waals surface area contributed by atoms with E-state index in [1.54, 1.807) is 48.5 Å². The van der Waals surface area contributed by atoms with E-state index in [-0.39, 0.29) is 46.8 Å². The maximum absolute atomic E-state index is 12.8. The summed E-state index contributed by atoms with van der Waals surface area (Å²) in [6.45, 7) is 0.493. The Morgan fingerprint density at radius 1 is 0.688 bits per heavy atom. The Morgan fingerprint density at radius 3 is 1.94 bits per heavy atom. The summed E-state index contributed by atoms with van der Waals surface area (Å²) in [5.41, 5.74) is 4.76. The molecule has 1 aliphatic carbocycles. The number of carboxylic acid groups (broad SMARTS) is 1. The number of phenolic OH excluding ortho intramolecular Hbond substituents is 1. The molecule has 93 heavy (non-hydrogen) atoms. The van der Waals surface area contributed by atoms with Gasteiger partial charge in [0.25, 0.3) is 5.91 Å². The Balaban J connectivity index is 0.655. The normalized spacial score (nSPS) is 21.3. The van der Waals surface area contributed by atoms with Crippen LogP contribution in [0.1, 0.15) is 130 Å². The number of carbonyl (C=O) groups is 4. The standard InChI is InChI=1S/C67H82N6O19S/c1-73(2)44-26-23-42(24-27-44)72-71-41-21-19-40(20-22-41)63(83)68-33-15-11-7-4-6-10-14-18-56(78)90-57-38-51(76)62(82)67(86,91-57)92-65-61(81)60(80)59(79)54(89-65)39-87-55(77)17-13-9-5-3-8-12-16-34-69-66(93)70-43-25-30-47(50(35-43)64(84)85)58-48-31-28-45(74)36-52(48)88-53-37-46(75)29-32-49(53)58/h19-32,35-37,51,54,57,59-62,65,74,76,79-82,86H,3-18,33-34,38-39H2,1-2H3,(H,68,83)(H,84,85)(H2,69,70,93)/t51?,54?,57?,59-,60?,61?,62?,65-,67+/m1/s1. The van der Waals surface area contributed by atoms with Crippen LogP contribution in [0.15, 0.2) is 123 Å². The minimum absolute atomic E-state index is 0.0139. The van der Waals surface area contributed by atoms with Crippen LogP contribution in [0.2, 0.25) is 0 Å². The number of rotatable bonds is 32. The third-order valence-electron chi connectivity index (χ3n) is 16.0. The number of amides is 1. The van der Waals surface area contributed by atoms with Crippen LogP contribution in [0, 0.1) is 0 Å². The first-order chi connectivity index (χ1) is 44.7. The zero-order valence-corrected chi connectivity index (χ0v) is 52.7. The Kier molecular flexibility index (Phi) is 26.1. The summed E-state index contributed by atoms with van der Waals surface area (Å²) in [5.74, 6) is -5.65. The van der Waals surface area contributed by atoms with E-state index in [9.17, 15) is 64.8 Å². The number of fused-ring (bicyclic) bond motifs is 2. The average Bonchev–Trinajstić information content (AvgIpc) is 0.909. The fraction of sp³-hybridized carbons (Fsp3) is 0.463. The molecule has 2 saturated heterocycles. The molecule has 2 fully saturated rings. The number of hydrogen-bond acceptors (Lipinski definition) is 22. The molecule has 11 N–H and O–H groups in total. The molecule has 500 valence electrons. The average molecular weight is 1310 g/mol. The second-order valence-corrected chi connectivity index (χ2v) is 23.8. The number of nitrogens with one attached hydrogen (secondary N) is 3. The van der Waals surface area contributed by atoms with E-state index in [0.29, 0.717) is 76.5 Å². The highest BCUT2D eigenvalue weighted by Crippen LogP contribution is 2.43. The summed E-state index contributed by atoms with van der Waals surface area (Å²) in [6.07, 6.45) is -4.06. The van der Waals surface area contributed by atoms with Gasteiger partial charge in [0, 0.05) is 92.0 Å². The number of ether oxygens (including phenoxy) is 5. The van der Waals surface area contributed by atoms with Crippen molar-refractivity contribution >= 4 is 74.9 Å². The SMILES string of the molecule is CN(C)c1ccc(N=Nc2ccc(C(=O)NCCCCCCCCCC(=O)OC3CC(O)C(O)[C@@](O)(O[C@H]4OC(COC(=O)CCCCCCCCCNC(=S)Nc5ccc(-c6c7ccc(=O)cc-7oc7cc(O)ccc67)c(C(=O)O)c5)[C@@H](O)C(O)C4O)O3)cc2)cc1. The van der Waals surface area contributed by atoms with Gasteiger partial charge in [0.2, 0.25) is 6.29 Å². The fourth-order valence-corrected chi connectivity index (χ4v) is 11.1. The number of benzene rings is 5. The van der Waals surface area contributed by atoms with Gasteiger partial charge in [0.15, 0.2) is 22.9 Å². The monoisotopic (exact) mass is 1310 g/mol. The lowest BCUT2D eigenvalue weighted by atomic mass is 9.90. The van der Waals surface area contributed by atoms with Crippen molar-refractivity contribution in [3.8, 4) is 28.2 Å². The number of phenols is 1. The number of carbonyl (C=O) groups excluding carboxylic acids is 3. The minimum atomic E-state index is -3.13. The van der Waals surface area contributed by atoms with E-state index >= 15 is 0 Å². The predicted octanol–water partition coefficient (Wildman–Crippen LogP) is 8.43. The van der Waals surface area contributed by atoms with Gasteiger partial charge in [0.1, 0.15) is 48.1 Å². The molecule has 4 aliphatic rings. The number of azo groups is 1. The van der Waals surface area contributed by atoms with Crippen LogP contribution in [0.25, 0.3) is 33.4 Å². The molecule has 0 bridgehead atoms. The number of aliphatic hydroxyl groups is 6. The number of nitrogens with zero attached hydrogens (tertiary/aromatic N) is 3. The van der Waals surface area contributed by atoms with Crippen LogP contribution in [0.3, 0.4) is 0 Å². The number of aromatic carboxylic acids is 1. The first-order valence-corrected chi connectivity index (χ1v) is 31.8. The first-order valence-electron chi connectivity index (χ1n) is 31.3. The number of hydrogen-bond donors (Lipinski definition) is 11. The maximum atomic E-state index is 12.8. The first kappa shape index (κ1) is 70.8. The van der Waals surface area contributed by atoms with Gasteiger partial charge < -0.3 is 80.3 Å². The number of thiocarbonyl (C=S) groups is 1. The summed E-state index contributed by atoms with van der Waals surface area (Å²) in [5, 5.41) is 104. The highest BCUT2D eigenvalue weighted by molar-refractivity contribution is 7.80. The van der Waals surface area contributed by atoms with E-state index in [1.807, 2.05) is 43.3 Å². The van der Waals surface area contributed by atoms with Crippen molar-refractivity contribution in [2.24, 2.45) is 10.2 Å². The molecule has 4 aromatic rings. The molecule has 0 aromatic heterocycles. The molecule has 3 aliphatic heterocycles. The smallest absolute Gasteiger partial charge is 0.336 e. The van der Waals surface area contributed by atoms with Gasteiger partial charge in [-0.05, 0) is 128 Å². The summed E-state index contributed by atoms with van der Waals surface area (Å²) in [4.78, 5) is 65.0. The van der Waals surface area contributed by atoms with Crippen LogP contribution in [0.4, 0.5) is 22.7 Å². The second kappa shape index (κ2) is 34.2. The fourth-order valence-electron chi connectivity index (χ4n) is 10.8. The molecule has 3 heterocycles. The number of aromatic hydroxyl groups is 1. The number of esters is 2. The molecule has 6 unspecified atom stereocenters. The molecule has 9 atom stereocenters. The van der Waals surface area contributed by atoms with Crippen molar-refractivity contribution in [2.75, 3.05) is 44.0 Å². The van der Waals surface area contributed by atoms with E-state index in [2.05, 4.69) is 26.2 Å². The molecule has 8 rings (SSSR count). The molecule has 0 radical (unpaired) electrons. The summed E-state index contributed by atoms with van der Waals surface area (Å²) < 4.78 is 33.0. The lowest BCUT2D eigenvalue weighted by Crippen LogP contribution is -2.66. The number of unbranched alkanes of at least 4 members (excludes halogenated alkanes) is 12. The predicted molar refractivity (Wildman–Crippen MR) is 346 cm³/mol. The van der Waals surface area contributed by atoms with Crippen LogP contribution >= 0.6 is 12.2 Å². The Labute approximate surface area is 542 Å². The summed E-state index contributed by atoms with van der Waals surface area (Å²) >= 11 is 5.50. The van der Waals surface area contributed by atoms with Gasteiger partial charge in [-0.25, -0.2) is 4.79 Å². The van der Waals surface area contributed by atoms with Gasteiger partial charge in [0.05, 0.1) is 23.0 Å². The van der Waals surface area contributed by atoms with Crippen LogP contribution in [0.5, 0.6) is 5.75 Å². The van der Waals surface area contributed by atoms with Crippen LogP contribution < -0.4 is 26.3 Å². The Morgan fingerprint density at radius 2 is 1.29 bits per heavy atom. The van der Waals surface area contributed by atoms with E-state index in [1.165, 1.54) is 30.3 Å². The largest absolute Gasteiger partial charge is 0.508 e. The van der Waals surface area contributed by atoms with Gasteiger partial charge >= 0.3 is 23.9 Å². The van der Waals surface area contributed by atoms with Crippen molar-refractivity contribution in [1.29, 1.82) is 0 Å². The third-order valence-corrected chi connectivity index (χ3v) is 16.3. The van der Waals surface area contributed by atoms with Gasteiger partial charge in [-0.2, -0.15) is 10.2 Å². The molecule has 1 amide bonds. The van der Waals surface area contributed by atoms with Gasteiger partial charge in [-0.1, -0.05) is 70.3 Å². The van der Waals surface area contributed by atoms with Crippen LogP contribution in [-0.4, -0.2) is 159 Å². The molecule has 4 aromatic carbocycles. The van der Waals surface area contributed by atoms with Gasteiger partial charge in [-0.3, -0.25) is 28.7 Å². The van der Waals surface area contributed by atoms with Crippen molar-refractivity contribution in [2.45, 2.75) is 164 Å². The molecule has 0 spiro atoms. The third kappa shape index (κ3) is 20.2. The lowest BCUT2D eigenvalue weighted by Gasteiger charge is -2.46.